The SMILES string of the molecule is CCc1nc(C(N)=O)c(Nc2ccc3c(c2)OCC(=O)C3)nc1Cl. The molecule has 0 fully saturated rings. The number of nitrogens with two attached hydrogens (primary N) is 1. The van der Waals surface area contributed by atoms with Crippen molar-refractivity contribution < 1.29 is 14.3 Å². The van der Waals surface area contributed by atoms with Crippen molar-refractivity contribution >= 4 is 34.8 Å². The van der Waals surface area contributed by atoms with E-state index in [-0.39, 0.29) is 29.1 Å². The molecule has 3 N–H and O–H groups in total. The molecule has 0 aliphatic carbocycles. The van der Waals surface area contributed by atoms with Gasteiger partial charge in [-0.05, 0) is 12.5 Å². The maximum atomic E-state index is 11.6. The number of anilines is 2. The average molecular weight is 347 g/mol. The van der Waals surface area contributed by atoms with Crippen molar-refractivity contribution in [1.82, 2.24) is 9.97 Å². The third kappa shape index (κ3) is 3.16. The van der Waals surface area contributed by atoms with Crippen LogP contribution in [0.5, 0.6) is 5.75 Å². The molecule has 2 heterocycles. The van der Waals surface area contributed by atoms with E-state index in [9.17, 15) is 9.59 Å². The Bertz CT molecular complexity index is 838. The van der Waals surface area contributed by atoms with E-state index in [0.717, 1.165) is 5.56 Å². The van der Waals surface area contributed by atoms with Gasteiger partial charge in [-0.2, -0.15) is 0 Å². The number of nitrogens with one attached hydrogen (secondary N) is 1. The molecule has 1 aromatic heterocycles. The topological polar surface area (TPSA) is 107 Å². The van der Waals surface area contributed by atoms with Gasteiger partial charge in [0.1, 0.15) is 12.4 Å². The Labute approximate surface area is 143 Å². The molecule has 1 aliphatic rings. The molecule has 3 rings (SSSR count). The van der Waals surface area contributed by atoms with Gasteiger partial charge in [-0.3, -0.25) is 9.59 Å². The molecule has 1 aromatic carbocycles. The van der Waals surface area contributed by atoms with E-state index in [2.05, 4.69) is 15.3 Å². The molecular formula is C16H15ClN4O3. The lowest BCUT2D eigenvalue weighted by Crippen LogP contribution is -2.20. The summed E-state index contributed by atoms with van der Waals surface area (Å²) in [4.78, 5) is 31.4. The second-order valence-corrected chi connectivity index (χ2v) is 5.69. The average Bonchev–Trinajstić information content (AvgIpc) is 2.55. The Hall–Kier alpha value is -2.67. The van der Waals surface area contributed by atoms with Gasteiger partial charge < -0.3 is 15.8 Å². The van der Waals surface area contributed by atoms with E-state index < -0.39 is 5.91 Å². The Morgan fingerprint density at radius 3 is 2.92 bits per heavy atom. The van der Waals surface area contributed by atoms with Crippen molar-refractivity contribution in [3.63, 3.8) is 0 Å². The van der Waals surface area contributed by atoms with Crippen LogP contribution in [0.2, 0.25) is 5.15 Å². The van der Waals surface area contributed by atoms with Gasteiger partial charge in [0.2, 0.25) is 0 Å². The van der Waals surface area contributed by atoms with Crippen LogP contribution in [0.4, 0.5) is 11.5 Å². The molecule has 0 spiro atoms. The lowest BCUT2D eigenvalue weighted by atomic mass is 10.1. The number of hydrogen-bond acceptors (Lipinski definition) is 6. The predicted octanol–water partition coefficient (Wildman–Crippen LogP) is 2.04. The number of benzene rings is 1. The standard InChI is InChI=1S/C16H15ClN4O3/c1-2-11-14(17)21-16(13(20-11)15(18)23)19-9-4-3-8-5-10(22)7-24-12(8)6-9/h3-4,6H,2,5,7H2,1H3,(H2,18,23)(H,19,21). The summed E-state index contributed by atoms with van der Waals surface area (Å²) < 4.78 is 5.41. The van der Waals surface area contributed by atoms with E-state index in [1.807, 2.05) is 6.92 Å². The van der Waals surface area contributed by atoms with Crippen LogP contribution in [-0.2, 0) is 17.6 Å². The number of carbonyl (C=O) groups is 2. The predicted molar refractivity (Wildman–Crippen MR) is 88.9 cm³/mol. The van der Waals surface area contributed by atoms with Crippen LogP contribution in [0, 0.1) is 0 Å². The number of aryl methyl sites for hydroxylation is 1. The minimum Gasteiger partial charge on any atom is -0.485 e. The minimum atomic E-state index is -0.698. The number of fused-ring (bicyclic) bond motifs is 1. The summed E-state index contributed by atoms with van der Waals surface area (Å²) in [5.41, 5.74) is 7.35. The van der Waals surface area contributed by atoms with Crippen molar-refractivity contribution in [2.24, 2.45) is 5.73 Å². The highest BCUT2D eigenvalue weighted by atomic mass is 35.5. The number of hydrogen-bond donors (Lipinski definition) is 2. The van der Waals surface area contributed by atoms with Crippen LogP contribution in [0.15, 0.2) is 18.2 Å². The van der Waals surface area contributed by atoms with Crippen molar-refractivity contribution in [3.8, 4) is 5.75 Å². The summed E-state index contributed by atoms with van der Waals surface area (Å²) >= 11 is 6.08. The van der Waals surface area contributed by atoms with Gasteiger partial charge in [0, 0.05) is 23.7 Å². The van der Waals surface area contributed by atoms with Crippen molar-refractivity contribution in [3.05, 3.63) is 40.3 Å². The normalized spacial score (nSPS) is 13.2. The van der Waals surface area contributed by atoms with Crippen LogP contribution in [0.3, 0.4) is 0 Å². The van der Waals surface area contributed by atoms with Gasteiger partial charge in [0.25, 0.3) is 5.91 Å². The molecule has 0 saturated heterocycles. The van der Waals surface area contributed by atoms with E-state index in [1.54, 1.807) is 18.2 Å². The third-order valence-electron chi connectivity index (χ3n) is 3.59. The molecular weight excluding hydrogens is 332 g/mol. The molecule has 0 bridgehead atoms. The molecule has 7 nitrogen and oxygen atoms in total. The summed E-state index contributed by atoms with van der Waals surface area (Å²) in [7, 11) is 0. The number of nitrogens with zero attached hydrogens (tertiary/aromatic N) is 2. The lowest BCUT2D eigenvalue weighted by Gasteiger charge is -2.18. The molecule has 2 aromatic rings. The van der Waals surface area contributed by atoms with Crippen LogP contribution in [0.25, 0.3) is 0 Å². The van der Waals surface area contributed by atoms with Gasteiger partial charge in [-0.1, -0.05) is 24.6 Å². The zero-order valence-electron chi connectivity index (χ0n) is 12.9. The number of aromatic nitrogens is 2. The van der Waals surface area contributed by atoms with Crippen molar-refractivity contribution in [2.75, 3.05) is 11.9 Å². The smallest absolute Gasteiger partial charge is 0.271 e. The van der Waals surface area contributed by atoms with Crippen LogP contribution in [0.1, 0.15) is 28.7 Å². The first kappa shape index (κ1) is 16.2. The fourth-order valence-corrected chi connectivity index (χ4v) is 2.67. The molecule has 0 radical (unpaired) electrons. The largest absolute Gasteiger partial charge is 0.485 e. The number of halogens is 1. The fraction of sp³-hybridized carbons (Fsp3) is 0.250. The molecule has 1 amide bonds. The number of rotatable bonds is 4. The zero-order valence-corrected chi connectivity index (χ0v) is 13.7. The molecule has 0 atom stereocenters. The number of primary amides is 1. The minimum absolute atomic E-state index is 0.0186. The number of ether oxygens (including phenoxy) is 1. The van der Waals surface area contributed by atoms with E-state index >= 15 is 0 Å². The molecule has 0 unspecified atom stereocenters. The summed E-state index contributed by atoms with van der Waals surface area (Å²) in [6, 6.07) is 5.28. The number of Topliss-reactive ketones (excluding diaryl/α,β-unsaturated/α-hetero) is 1. The summed E-state index contributed by atoms with van der Waals surface area (Å²) in [6.07, 6.45) is 0.881. The number of ketones is 1. The Kier molecular flexibility index (Phi) is 4.35. The first-order chi connectivity index (χ1) is 11.5. The molecule has 0 saturated carbocycles. The van der Waals surface area contributed by atoms with Gasteiger partial charge in [-0.15, -0.1) is 0 Å². The summed E-state index contributed by atoms with van der Waals surface area (Å²) in [5, 5.41) is 3.20. The van der Waals surface area contributed by atoms with Crippen LogP contribution in [-0.4, -0.2) is 28.3 Å². The second kappa shape index (κ2) is 6.45. The molecule has 24 heavy (non-hydrogen) atoms. The first-order valence-corrected chi connectivity index (χ1v) is 7.76. The summed E-state index contributed by atoms with van der Waals surface area (Å²) in [5.74, 6) is 0.129. The highest BCUT2D eigenvalue weighted by Gasteiger charge is 2.19. The van der Waals surface area contributed by atoms with Gasteiger partial charge >= 0.3 is 0 Å². The highest BCUT2D eigenvalue weighted by Crippen LogP contribution is 2.29. The van der Waals surface area contributed by atoms with Gasteiger partial charge in [0.05, 0.1) is 5.69 Å². The number of amides is 1. The summed E-state index contributed by atoms with van der Waals surface area (Å²) in [6.45, 7) is 1.91. The maximum Gasteiger partial charge on any atom is 0.271 e. The monoisotopic (exact) mass is 346 g/mol. The van der Waals surface area contributed by atoms with E-state index in [0.29, 0.717) is 30.0 Å². The van der Waals surface area contributed by atoms with E-state index in [1.165, 1.54) is 0 Å². The molecule has 1 aliphatic heterocycles. The maximum absolute atomic E-state index is 11.6. The van der Waals surface area contributed by atoms with Crippen molar-refractivity contribution in [1.29, 1.82) is 0 Å². The quantitative estimate of drug-likeness (QED) is 0.877. The second-order valence-electron chi connectivity index (χ2n) is 5.33. The third-order valence-corrected chi connectivity index (χ3v) is 3.90. The fourth-order valence-electron chi connectivity index (χ4n) is 2.40. The molecule has 124 valence electrons. The Morgan fingerprint density at radius 1 is 1.42 bits per heavy atom. The number of carbonyl (C=O) groups excluding carboxylic acids is 2. The van der Waals surface area contributed by atoms with Gasteiger partial charge in [0.15, 0.2) is 22.4 Å². The lowest BCUT2D eigenvalue weighted by molar-refractivity contribution is -0.121. The Morgan fingerprint density at radius 2 is 2.21 bits per heavy atom. The van der Waals surface area contributed by atoms with Crippen molar-refractivity contribution in [2.45, 2.75) is 19.8 Å². The van der Waals surface area contributed by atoms with Crippen LogP contribution >= 0.6 is 11.6 Å². The molecule has 8 heteroatoms. The van der Waals surface area contributed by atoms with Crippen LogP contribution < -0.4 is 15.8 Å². The first-order valence-electron chi connectivity index (χ1n) is 7.38. The van der Waals surface area contributed by atoms with Gasteiger partial charge in [-0.25, -0.2) is 9.97 Å². The van der Waals surface area contributed by atoms with E-state index in [4.69, 9.17) is 22.1 Å². The highest BCUT2D eigenvalue weighted by molar-refractivity contribution is 6.30. The zero-order chi connectivity index (χ0) is 17.3. The Balaban J connectivity index is 1.95.